The van der Waals surface area contributed by atoms with Crippen molar-refractivity contribution in [3.05, 3.63) is 56.7 Å². The van der Waals surface area contributed by atoms with Crippen LogP contribution >= 0.6 is 27.3 Å². The van der Waals surface area contributed by atoms with E-state index in [9.17, 15) is 9.59 Å². The van der Waals surface area contributed by atoms with Crippen LogP contribution in [0.3, 0.4) is 0 Å². The first-order valence-electron chi connectivity index (χ1n) is 6.85. The first kappa shape index (κ1) is 17.4. The van der Waals surface area contributed by atoms with Gasteiger partial charge in [0.05, 0.1) is 0 Å². The van der Waals surface area contributed by atoms with Crippen LogP contribution < -0.4 is 4.74 Å². The fraction of sp³-hybridized carbons (Fsp3) is 0.176. The minimum atomic E-state index is -0.116. The lowest BCUT2D eigenvalue weighted by atomic mass is 10.1. The fourth-order valence-electron chi connectivity index (χ4n) is 1.66. The van der Waals surface area contributed by atoms with Gasteiger partial charge in [0.2, 0.25) is 0 Å². The number of halogens is 1. The Morgan fingerprint density at radius 2 is 1.96 bits per heavy atom. The second kappa shape index (κ2) is 8.08. The third-order valence-electron chi connectivity index (χ3n) is 2.99. The van der Waals surface area contributed by atoms with E-state index in [1.54, 1.807) is 61.8 Å². The highest BCUT2D eigenvalue weighted by atomic mass is 79.9. The van der Waals surface area contributed by atoms with Crippen molar-refractivity contribution in [2.45, 2.75) is 0 Å². The second-order valence-corrected chi connectivity index (χ2v) is 6.82. The molecule has 23 heavy (non-hydrogen) atoms. The zero-order valence-corrected chi connectivity index (χ0v) is 15.2. The molecule has 0 fully saturated rings. The zero-order chi connectivity index (χ0) is 16.8. The summed E-state index contributed by atoms with van der Waals surface area (Å²) < 4.78 is 6.37. The molecule has 120 valence electrons. The number of benzene rings is 1. The largest absolute Gasteiger partial charge is 0.484 e. The third-order valence-corrected chi connectivity index (χ3v) is 4.65. The van der Waals surface area contributed by atoms with Crippen molar-refractivity contribution in [1.82, 2.24) is 4.90 Å². The zero-order valence-electron chi connectivity index (χ0n) is 12.8. The van der Waals surface area contributed by atoms with Crippen LogP contribution in [0.25, 0.3) is 6.08 Å². The number of allylic oxidation sites excluding steroid dienone is 1. The summed E-state index contributed by atoms with van der Waals surface area (Å²) in [5.74, 6) is 0.364. The Bertz CT molecular complexity index is 720. The van der Waals surface area contributed by atoms with Gasteiger partial charge in [0, 0.05) is 34.4 Å². The van der Waals surface area contributed by atoms with Gasteiger partial charge in [-0.2, -0.15) is 0 Å². The van der Waals surface area contributed by atoms with Gasteiger partial charge in [-0.05, 0) is 58.4 Å². The molecule has 0 aliphatic carbocycles. The van der Waals surface area contributed by atoms with Gasteiger partial charge in [-0.15, -0.1) is 11.3 Å². The summed E-state index contributed by atoms with van der Waals surface area (Å²) in [6.07, 6.45) is 3.33. The number of thiophene rings is 1. The molecule has 0 spiro atoms. The topological polar surface area (TPSA) is 46.6 Å². The van der Waals surface area contributed by atoms with Crippen LogP contribution in [0.15, 0.2) is 46.3 Å². The molecule has 1 aromatic heterocycles. The van der Waals surface area contributed by atoms with Crippen molar-refractivity contribution < 1.29 is 14.3 Å². The number of hydrogen-bond acceptors (Lipinski definition) is 4. The summed E-state index contributed by atoms with van der Waals surface area (Å²) in [5.41, 5.74) is 0.572. The molecule has 2 aromatic rings. The van der Waals surface area contributed by atoms with E-state index >= 15 is 0 Å². The Morgan fingerprint density at radius 3 is 2.52 bits per heavy atom. The fourth-order valence-corrected chi connectivity index (χ4v) is 3.00. The normalized spacial score (nSPS) is 10.7. The van der Waals surface area contributed by atoms with Crippen LogP contribution in [0.2, 0.25) is 0 Å². The van der Waals surface area contributed by atoms with Gasteiger partial charge in [0.1, 0.15) is 5.75 Å². The molecule has 6 heteroatoms. The van der Waals surface area contributed by atoms with E-state index in [0.29, 0.717) is 11.3 Å². The van der Waals surface area contributed by atoms with Crippen molar-refractivity contribution in [2.75, 3.05) is 20.7 Å². The average Bonchev–Trinajstić information content (AvgIpc) is 2.96. The van der Waals surface area contributed by atoms with E-state index in [0.717, 1.165) is 9.35 Å². The molecule has 2 rings (SSSR count). The molecule has 1 heterocycles. The maximum atomic E-state index is 12.1. The van der Waals surface area contributed by atoms with Crippen LogP contribution in [-0.2, 0) is 4.79 Å². The Morgan fingerprint density at radius 1 is 1.26 bits per heavy atom. The van der Waals surface area contributed by atoms with Crippen molar-refractivity contribution in [2.24, 2.45) is 0 Å². The lowest BCUT2D eigenvalue weighted by Gasteiger charge is -2.11. The lowest BCUT2D eigenvalue weighted by Crippen LogP contribution is -2.27. The molecule has 1 amide bonds. The highest BCUT2D eigenvalue weighted by Gasteiger charge is 2.06. The minimum Gasteiger partial charge on any atom is -0.484 e. The Labute approximate surface area is 147 Å². The van der Waals surface area contributed by atoms with Gasteiger partial charge in [0.25, 0.3) is 5.91 Å². The van der Waals surface area contributed by atoms with Crippen LogP contribution in [0.5, 0.6) is 5.75 Å². The molecule has 0 unspecified atom stereocenters. The predicted molar refractivity (Wildman–Crippen MR) is 96.0 cm³/mol. The summed E-state index contributed by atoms with van der Waals surface area (Å²) in [6.45, 7) is -0.0204. The molecule has 0 bridgehead atoms. The molecular weight excluding hydrogens is 378 g/mol. The van der Waals surface area contributed by atoms with Gasteiger partial charge >= 0.3 is 0 Å². The van der Waals surface area contributed by atoms with Crippen LogP contribution in [0.4, 0.5) is 0 Å². The summed E-state index contributed by atoms with van der Waals surface area (Å²) in [6, 6.07) is 8.70. The van der Waals surface area contributed by atoms with Gasteiger partial charge in [-0.3, -0.25) is 9.59 Å². The molecule has 4 nitrogen and oxygen atoms in total. The first-order valence-corrected chi connectivity index (χ1v) is 8.52. The molecule has 0 atom stereocenters. The van der Waals surface area contributed by atoms with E-state index in [1.165, 1.54) is 4.90 Å². The molecule has 0 aliphatic heterocycles. The van der Waals surface area contributed by atoms with E-state index in [-0.39, 0.29) is 18.3 Å². The summed E-state index contributed by atoms with van der Waals surface area (Å²) in [4.78, 5) is 26.0. The standard InChI is InChI=1S/C17H16BrNO3S/c1-19(2)17(21)10-22-14-5-3-12(4-6-14)16(20)8-7-15-9-13(18)11-23-15/h3-9,11H,10H2,1-2H3. The SMILES string of the molecule is CN(C)C(=O)COc1ccc(C(=O)C=Cc2cc(Br)cs2)cc1. The van der Waals surface area contributed by atoms with Gasteiger partial charge in [-0.25, -0.2) is 0 Å². The van der Waals surface area contributed by atoms with Gasteiger partial charge in [-0.1, -0.05) is 0 Å². The number of carbonyl (C=O) groups is 2. The molecule has 0 aliphatic rings. The minimum absolute atomic E-state index is 0.0204. The Balaban J connectivity index is 1.94. The van der Waals surface area contributed by atoms with Crippen molar-refractivity contribution >= 4 is 45.0 Å². The molecule has 1 aromatic carbocycles. The molecule has 0 saturated carbocycles. The van der Waals surface area contributed by atoms with E-state index < -0.39 is 0 Å². The predicted octanol–water partition coefficient (Wildman–Crippen LogP) is 3.87. The molecule has 0 N–H and O–H groups in total. The van der Waals surface area contributed by atoms with Crippen LogP contribution in [0.1, 0.15) is 15.2 Å². The maximum absolute atomic E-state index is 12.1. The summed E-state index contributed by atoms with van der Waals surface area (Å²) >= 11 is 4.94. The second-order valence-electron chi connectivity index (χ2n) is 4.97. The van der Waals surface area contributed by atoms with E-state index in [1.807, 2.05) is 11.4 Å². The molecule has 0 saturated heterocycles. The van der Waals surface area contributed by atoms with E-state index in [2.05, 4.69) is 15.9 Å². The van der Waals surface area contributed by atoms with Gasteiger partial charge in [0.15, 0.2) is 12.4 Å². The number of ether oxygens (including phenoxy) is 1. The Hall–Kier alpha value is -1.92. The van der Waals surface area contributed by atoms with Crippen molar-refractivity contribution in [1.29, 1.82) is 0 Å². The lowest BCUT2D eigenvalue weighted by molar-refractivity contribution is -0.130. The number of hydrogen-bond donors (Lipinski definition) is 0. The maximum Gasteiger partial charge on any atom is 0.259 e. The summed E-state index contributed by atoms with van der Waals surface area (Å²) in [7, 11) is 3.35. The number of carbonyl (C=O) groups excluding carboxylic acids is 2. The van der Waals surface area contributed by atoms with Gasteiger partial charge < -0.3 is 9.64 Å². The summed E-state index contributed by atoms with van der Waals surface area (Å²) in [5, 5.41) is 1.96. The highest BCUT2D eigenvalue weighted by Crippen LogP contribution is 2.21. The number of ketones is 1. The quantitative estimate of drug-likeness (QED) is 0.552. The van der Waals surface area contributed by atoms with Crippen molar-refractivity contribution in [3.63, 3.8) is 0 Å². The molecule has 0 radical (unpaired) electrons. The smallest absolute Gasteiger partial charge is 0.259 e. The average molecular weight is 394 g/mol. The van der Waals surface area contributed by atoms with Crippen LogP contribution in [-0.4, -0.2) is 37.3 Å². The van der Waals surface area contributed by atoms with Crippen LogP contribution in [0, 0.1) is 0 Å². The third kappa shape index (κ3) is 5.33. The number of amides is 1. The Kier molecular flexibility index (Phi) is 6.12. The van der Waals surface area contributed by atoms with E-state index in [4.69, 9.17) is 4.74 Å². The number of nitrogens with zero attached hydrogens (tertiary/aromatic N) is 1. The van der Waals surface area contributed by atoms with Crippen molar-refractivity contribution in [3.8, 4) is 5.75 Å². The monoisotopic (exact) mass is 393 g/mol. The first-order chi connectivity index (χ1) is 11.0. The molecular formula is C17H16BrNO3S. The number of likely N-dealkylation sites (N-methyl/N-ethyl adjacent to an activating group) is 1. The number of rotatable bonds is 6. The highest BCUT2D eigenvalue weighted by molar-refractivity contribution is 9.10.